The molecule has 1 unspecified atom stereocenters. The van der Waals surface area contributed by atoms with E-state index in [1.807, 2.05) is 13.0 Å². The molecule has 3 aromatic carbocycles. The Morgan fingerprint density at radius 1 is 0.962 bits per heavy atom. The molecule has 2 heterocycles. The highest BCUT2D eigenvalue weighted by atomic mass is 35.5. The highest BCUT2D eigenvalue weighted by Crippen LogP contribution is 2.39. The van der Waals surface area contributed by atoms with E-state index in [1.54, 1.807) is 78.6 Å². The summed E-state index contributed by atoms with van der Waals surface area (Å²) in [5, 5.41) is 8.90. The molecule has 0 radical (unpaired) electrons. The number of carbonyl (C=O) groups excluding carboxylic acids is 5. The second-order valence-electron chi connectivity index (χ2n) is 11.6. The molecular weight excluding hydrogens is 743 g/mol. The molecule has 270 valence electrons. The Morgan fingerprint density at radius 2 is 1.67 bits per heavy atom. The van der Waals surface area contributed by atoms with E-state index >= 15 is 0 Å². The van der Waals surface area contributed by atoms with Gasteiger partial charge in [0.2, 0.25) is 11.8 Å². The molecule has 1 aliphatic heterocycles. The maximum atomic E-state index is 13.7. The lowest BCUT2D eigenvalue weighted by Crippen LogP contribution is -2.34. The van der Waals surface area contributed by atoms with Gasteiger partial charge in [-0.05, 0) is 73.9 Å². The van der Waals surface area contributed by atoms with Crippen molar-refractivity contribution in [1.29, 1.82) is 0 Å². The van der Waals surface area contributed by atoms with E-state index in [2.05, 4.69) is 16.0 Å². The zero-order chi connectivity index (χ0) is 37.4. The zero-order valence-corrected chi connectivity index (χ0v) is 31.7. The van der Waals surface area contributed by atoms with Crippen molar-refractivity contribution in [2.24, 2.45) is 0 Å². The van der Waals surface area contributed by atoms with Crippen molar-refractivity contribution in [2.75, 3.05) is 23.8 Å². The highest BCUT2D eigenvalue weighted by Gasteiger charge is 2.31. The topological polar surface area (TPSA) is 134 Å². The van der Waals surface area contributed by atoms with E-state index in [4.69, 9.17) is 27.9 Å². The van der Waals surface area contributed by atoms with Gasteiger partial charge in [0.05, 0.1) is 24.0 Å². The molecule has 1 aromatic heterocycles. The third kappa shape index (κ3) is 9.43. The number of fused-ring (bicyclic) bond motifs is 1. The average molecular weight is 780 g/mol. The van der Waals surface area contributed by atoms with Crippen molar-refractivity contribution < 1.29 is 28.7 Å². The number of halogens is 2. The summed E-state index contributed by atoms with van der Waals surface area (Å²) >= 11 is 15.4. The van der Waals surface area contributed by atoms with Crippen LogP contribution in [0, 0.1) is 0 Å². The first-order valence-electron chi connectivity index (χ1n) is 16.5. The van der Waals surface area contributed by atoms with E-state index in [-0.39, 0.29) is 24.1 Å². The van der Waals surface area contributed by atoms with Crippen LogP contribution < -0.4 is 16.0 Å². The Morgan fingerprint density at radius 3 is 2.35 bits per heavy atom. The maximum Gasteiger partial charge on any atom is 0.341 e. The summed E-state index contributed by atoms with van der Waals surface area (Å²) in [5.74, 6) is -2.00. The fourth-order valence-electron chi connectivity index (χ4n) is 5.44. The van der Waals surface area contributed by atoms with Crippen LogP contribution in [0.15, 0.2) is 83.4 Å². The summed E-state index contributed by atoms with van der Waals surface area (Å²) < 4.78 is 5.34. The van der Waals surface area contributed by atoms with Crippen LogP contribution in [-0.2, 0) is 32.1 Å². The molecule has 14 heteroatoms. The predicted octanol–water partition coefficient (Wildman–Crippen LogP) is 8.06. The van der Waals surface area contributed by atoms with Crippen molar-refractivity contribution in [2.45, 2.75) is 50.3 Å². The summed E-state index contributed by atoms with van der Waals surface area (Å²) in [4.78, 5) is 68.8. The fourth-order valence-corrected chi connectivity index (χ4v) is 8.21. The molecule has 5 rings (SSSR count). The van der Waals surface area contributed by atoms with Crippen LogP contribution in [0.5, 0.6) is 0 Å². The number of benzene rings is 3. The lowest BCUT2D eigenvalue weighted by atomic mass is 10.0. The van der Waals surface area contributed by atoms with E-state index in [0.717, 1.165) is 10.4 Å². The number of nitrogens with zero attached hydrogens (tertiary/aromatic N) is 1. The Kier molecular flexibility index (Phi) is 13.2. The number of carbonyl (C=O) groups is 5. The number of ether oxygens (including phenoxy) is 1. The van der Waals surface area contributed by atoms with Gasteiger partial charge in [0.1, 0.15) is 10.7 Å². The van der Waals surface area contributed by atoms with Crippen molar-refractivity contribution in [3.05, 3.63) is 116 Å². The number of rotatable bonds is 12. The maximum absolute atomic E-state index is 13.7. The summed E-state index contributed by atoms with van der Waals surface area (Å²) in [5.41, 5.74) is 2.18. The summed E-state index contributed by atoms with van der Waals surface area (Å²) in [6, 6.07) is 20.4. The molecule has 4 amide bonds. The van der Waals surface area contributed by atoms with Crippen molar-refractivity contribution in [3.63, 3.8) is 0 Å². The number of hydrogen-bond acceptors (Lipinski definition) is 8. The second-order valence-corrected chi connectivity index (χ2v) is 14.8. The van der Waals surface area contributed by atoms with Gasteiger partial charge in [-0.1, -0.05) is 60.5 Å². The summed E-state index contributed by atoms with van der Waals surface area (Å²) in [7, 11) is 0. The fraction of sp³-hybridized carbons (Fsp3) is 0.237. The SMILES string of the molecule is CCOC(=O)c1c(NC(=O)C(CC)Sc2cccc(NC(=O)/C(=C\c3c(Cl)cccc3Cl)NC(=O)c3ccccc3)c2)sc2c1CCN(C(C)=O)C2. The molecule has 0 saturated heterocycles. The van der Waals surface area contributed by atoms with Crippen LogP contribution in [0.2, 0.25) is 10.0 Å². The van der Waals surface area contributed by atoms with Gasteiger partial charge in [0, 0.05) is 50.1 Å². The zero-order valence-electron chi connectivity index (χ0n) is 28.6. The number of thioether (sulfide) groups is 1. The van der Waals surface area contributed by atoms with E-state index < -0.39 is 23.0 Å². The lowest BCUT2D eigenvalue weighted by Gasteiger charge is -2.25. The molecule has 4 aromatic rings. The number of nitrogens with one attached hydrogen (secondary N) is 3. The number of thiophene rings is 1. The van der Waals surface area contributed by atoms with Crippen molar-refractivity contribution >= 4 is 92.7 Å². The molecule has 10 nitrogen and oxygen atoms in total. The number of amides is 4. The molecule has 0 bridgehead atoms. The molecule has 0 spiro atoms. The van der Waals surface area contributed by atoms with Crippen LogP contribution in [0.25, 0.3) is 6.08 Å². The van der Waals surface area contributed by atoms with Gasteiger partial charge in [-0.15, -0.1) is 23.1 Å². The van der Waals surface area contributed by atoms with Crippen molar-refractivity contribution in [1.82, 2.24) is 10.2 Å². The Bertz CT molecular complexity index is 2010. The minimum absolute atomic E-state index is 0.0580. The Hall–Kier alpha value is -4.62. The van der Waals surface area contributed by atoms with Gasteiger partial charge >= 0.3 is 5.97 Å². The van der Waals surface area contributed by atoms with Gasteiger partial charge in [-0.3, -0.25) is 19.2 Å². The summed E-state index contributed by atoms with van der Waals surface area (Å²) in [6.07, 6.45) is 2.36. The molecular formula is C38H36Cl2N4O6S2. The van der Waals surface area contributed by atoms with E-state index in [0.29, 0.717) is 68.3 Å². The van der Waals surface area contributed by atoms with Crippen LogP contribution >= 0.6 is 46.3 Å². The van der Waals surface area contributed by atoms with Crippen LogP contribution in [0.4, 0.5) is 10.7 Å². The van der Waals surface area contributed by atoms with Crippen LogP contribution in [0.1, 0.15) is 63.9 Å². The van der Waals surface area contributed by atoms with Crippen molar-refractivity contribution in [3.8, 4) is 0 Å². The number of esters is 1. The smallest absolute Gasteiger partial charge is 0.341 e. The van der Waals surface area contributed by atoms with Crippen LogP contribution in [-0.4, -0.2) is 52.9 Å². The van der Waals surface area contributed by atoms with E-state index in [1.165, 1.54) is 36.1 Å². The van der Waals surface area contributed by atoms with E-state index in [9.17, 15) is 24.0 Å². The molecule has 3 N–H and O–H groups in total. The number of hydrogen-bond donors (Lipinski definition) is 3. The third-order valence-electron chi connectivity index (χ3n) is 8.07. The normalized spacial score (nSPS) is 13.1. The standard InChI is InChI=1S/C38H36Cl2N4O6S2/c1-4-31(36(48)43-37-33(38(49)50-5-2)26-17-18-44(22(3)45)21-32(26)52-37)51-25-14-9-13-24(19-25)41-35(47)30(20-27-28(39)15-10-16-29(27)40)42-34(46)23-11-7-6-8-12-23/h6-16,19-20,31H,4-5,17-18,21H2,1-3H3,(H,41,47)(H,42,46)(H,43,48)/b30-20+. The second kappa shape index (κ2) is 17.7. The molecule has 0 aliphatic carbocycles. The largest absolute Gasteiger partial charge is 0.462 e. The quantitative estimate of drug-likeness (QED) is 0.0753. The van der Waals surface area contributed by atoms with Gasteiger partial charge in [0.25, 0.3) is 11.8 Å². The Balaban J connectivity index is 1.34. The molecule has 1 atom stereocenters. The lowest BCUT2D eigenvalue weighted by molar-refractivity contribution is -0.129. The Labute approximate surface area is 319 Å². The highest BCUT2D eigenvalue weighted by molar-refractivity contribution is 8.00. The first-order valence-corrected chi connectivity index (χ1v) is 18.9. The van der Waals surface area contributed by atoms with Gasteiger partial charge < -0.3 is 25.6 Å². The van der Waals surface area contributed by atoms with Gasteiger partial charge in [-0.25, -0.2) is 4.79 Å². The minimum atomic E-state index is -0.622. The first kappa shape index (κ1) is 38.6. The predicted molar refractivity (Wildman–Crippen MR) is 207 cm³/mol. The number of anilines is 2. The molecule has 0 fully saturated rings. The van der Waals surface area contributed by atoms with Crippen LogP contribution in [0.3, 0.4) is 0 Å². The molecule has 1 aliphatic rings. The van der Waals surface area contributed by atoms with Gasteiger partial charge in [0.15, 0.2) is 0 Å². The monoisotopic (exact) mass is 778 g/mol. The third-order valence-corrected chi connectivity index (χ3v) is 11.2. The first-order chi connectivity index (χ1) is 25.0. The molecule has 52 heavy (non-hydrogen) atoms. The van der Waals surface area contributed by atoms with Gasteiger partial charge in [-0.2, -0.15) is 0 Å². The molecule has 0 saturated carbocycles. The average Bonchev–Trinajstić information content (AvgIpc) is 3.49. The minimum Gasteiger partial charge on any atom is -0.462 e. The summed E-state index contributed by atoms with van der Waals surface area (Å²) in [6.45, 7) is 6.13.